The molecule has 0 radical (unpaired) electrons. The van der Waals surface area contributed by atoms with E-state index in [0.29, 0.717) is 0 Å². The van der Waals surface area contributed by atoms with Gasteiger partial charge in [-0.2, -0.15) is 4.73 Å². The molecule has 3 heteroatoms. The van der Waals surface area contributed by atoms with Crippen LogP contribution in [0.15, 0.2) is 30.6 Å². The molecule has 0 amide bonds. The van der Waals surface area contributed by atoms with Gasteiger partial charge in [0.25, 0.3) is 0 Å². The highest BCUT2D eigenvalue weighted by atomic mass is 79.9. The number of hydrogen-bond acceptors (Lipinski definition) is 1. The lowest BCUT2D eigenvalue weighted by Gasteiger charge is -1.94. The van der Waals surface area contributed by atoms with Gasteiger partial charge in [0.05, 0.1) is 0 Å². The monoisotopic (exact) mass is 213 g/mol. The molecule has 0 aromatic carbocycles. The lowest BCUT2D eigenvalue weighted by Crippen LogP contribution is -2.24. The minimum atomic E-state index is 0.786. The summed E-state index contributed by atoms with van der Waals surface area (Å²) < 4.78 is 0.786. The zero-order valence-electron chi connectivity index (χ0n) is 5.90. The largest absolute Gasteiger partial charge is 0.619 e. The van der Waals surface area contributed by atoms with Crippen LogP contribution in [0.3, 0.4) is 0 Å². The third-order valence-electron chi connectivity index (χ3n) is 1.20. The van der Waals surface area contributed by atoms with Crippen molar-refractivity contribution in [3.63, 3.8) is 0 Å². The fourth-order valence-electron chi connectivity index (χ4n) is 0.751. The van der Waals surface area contributed by atoms with Gasteiger partial charge in [0.15, 0.2) is 12.4 Å². The third-order valence-corrected chi connectivity index (χ3v) is 1.57. The molecule has 0 aliphatic heterocycles. The molecule has 11 heavy (non-hydrogen) atoms. The van der Waals surface area contributed by atoms with Crippen molar-refractivity contribution in [2.45, 2.75) is 0 Å². The second kappa shape index (κ2) is 4.13. The molecular weight excluding hydrogens is 206 g/mol. The average molecular weight is 214 g/mol. The van der Waals surface area contributed by atoms with Gasteiger partial charge in [0.1, 0.15) is 0 Å². The van der Waals surface area contributed by atoms with Gasteiger partial charge >= 0.3 is 0 Å². The fraction of sp³-hybridized carbons (Fsp3) is 0.125. The predicted molar refractivity (Wildman–Crippen MR) is 48.2 cm³/mol. The lowest BCUT2D eigenvalue weighted by atomic mass is 10.3. The van der Waals surface area contributed by atoms with Crippen LogP contribution in [0.25, 0.3) is 6.08 Å². The highest BCUT2D eigenvalue weighted by Gasteiger charge is 1.89. The number of hydrogen-bond donors (Lipinski definition) is 0. The van der Waals surface area contributed by atoms with E-state index in [1.54, 1.807) is 6.07 Å². The van der Waals surface area contributed by atoms with Crippen LogP contribution in [0, 0.1) is 5.21 Å². The maximum atomic E-state index is 10.7. The van der Waals surface area contributed by atoms with E-state index in [1.807, 2.05) is 18.2 Å². The van der Waals surface area contributed by atoms with Crippen LogP contribution >= 0.6 is 15.9 Å². The van der Waals surface area contributed by atoms with Crippen LogP contribution in [0.1, 0.15) is 5.56 Å². The summed E-state index contributed by atoms with van der Waals surface area (Å²) in [5, 5.41) is 11.5. The highest BCUT2D eigenvalue weighted by molar-refractivity contribution is 9.09. The minimum absolute atomic E-state index is 0.786. The summed E-state index contributed by atoms with van der Waals surface area (Å²) >= 11 is 3.25. The number of aromatic nitrogens is 1. The number of halogens is 1. The molecule has 0 aliphatic carbocycles. The number of rotatable bonds is 2. The van der Waals surface area contributed by atoms with Crippen molar-refractivity contribution in [1.29, 1.82) is 0 Å². The first kappa shape index (κ1) is 8.27. The molecule has 58 valence electrons. The van der Waals surface area contributed by atoms with Gasteiger partial charge in [-0.05, 0) is 6.07 Å². The third kappa shape index (κ3) is 2.72. The van der Waals surface area contributed by atoms with E-state index < -0.39 is 0 Å². The molecule has 0 saturated carbocycles. The second-order valence-electron chi connectivity index (χ2n) is 2.05. The van der Waals surface area contributed by atoms with Crippen LogP contribution < -0.4 is 4.73 Å². The Hall–Kier alpha value is -0.830. The Kier molecular flexibility index (Phi) is 3.11. The van der Waals surface area contributed by atoms with Gasteiger partial charge in [-0.1, -0.05) is 28.1 Å². The van der Waals surface area contributed by atoms with E-state index in [1.165, 1.54) is 12.4 Å². The maximum absolute atomic E-state index is 10.7. The molecule has 1 aromatic rings. The summed E-state index contributed by atoms with van der Waals surface area (Å²) in [6.07, 6.45) is 6.82. The standard InChI is InChI=1S/C8H8BrNO/c9-5-1-3-8-4-2-6-10(11)7-8/h1-4,6-7H,5H2. The maximum Gasteiger partial charge on any atom is 0.187 e. The molecular formula is C8H8BrNO. The van der Waals surface area contributed by atoms with Crippen LogP contribution in [0.5, 0.6) is 0 Å². The Bertz CT molecular complexity index is 260. The minimum Gasteiger partial charge on any atom is -0.619 e. The molecule has 0 aliphatic rings. The van der Waals surface area contributed by atoms with Gasteiger partial charge in [-0.25, -0.2) is 0 Å². The second-order valence-corrected chi connectivity index (χ2v) is 2.70. The fourth-order valence-corrected chi connectivity index (χ4v) is 0.938. The van der Waals surface area contributed by atoms with E-state index in [2.05, 4.69) is 15.9 Å². The molecule has 0 unspecified atom stereocenters. The van der Waals surface area contributed by atoms with Crippen LogP contribution in [0.2, 0.25) is 0 Å². The van der Waals surface area contributed by atoms with E-state index >= 15 is 0 Å². The SMILES string of the molecule is [O-][n+]1cccc(C=CCBr)c1. The summed E-state index contributed by atoms with van der Waals surface area (Å²) in [6, 6.07) is 3.61. The average Bonchev–Trinajstić information content (AvgIpc) is 2.01. The lowest BCUT2D eigenvalue weighted by molar-refractivity contribution is -0.605. The first-order valence-corrected chi connectivity index (χ1v) is 4.36. The van der Waals surface area contributed by atoms with Crippen LogP contribution in [0.4, 0.5) is 0 Å². The van der Waals surface area contributed by atoms with Crippen LogP contribution in [-0.2, 0) is 0 Å². The quantitative estimate of drug-likeness (QED) is 0.418. The Labute approximate surface area is 73.9 Å². The zero-order valence-corrected chi connectivity index (χ0v) is 7.49. The molecule has 2 nitrogen and oxygen atoms in total. The normalized spacial score (nSPS) is 10.6. The molecule has 1 rings (SSSR count). The molecule has 1 heterocycles. The van der Waals surface area contributed by atoms with E-state index in [4.69, 9.17) is 0 Å². The molecule has 0 spiro atoms. The zero-order chi connectivity index (χ0) is 8.10. The predicted octanol–water partition coefficient (Wildman–Crippen LogP) is 1.73. The number of nitrogens with zero attached hydrogens (tertiary/aromatic N) is 1. The number of alkyl halides is 1. The first-order valence-electron chi connectivity index (χ1n) is 3.24. The van der Waals surface area contributed by atoms with Crippen molar-refractivity contribution < 1.29 is 4.73 Å². The first-order chi connectivity index (χ1) is 5.33. The van der Waals surface area contributed by atoms with Crippen molar-refractivity contribution in [3.8, 4) is 0 Å². The van der Waals surface area contributed by atoms with Gasteiger partial charge in [0, 0.05) is 17.0 Å². The van der Waals surface area contributed by atoms with Crippen molar-refractivity contribution in [2.75, 3.05) is 5.33 Å². The van der Waals surface area contributed by atoms with Gasteiger partial charge in [-0.15, -0.1) is 0 Å². The summed E-state index contributed by atoms with van der Waals surface area (Å²) in [4.78, 5) is 0. The van der Waals surface area contributed by atoms with Crippen molar-refractivity contribution >= 4 is 22.0 Å². The summed E-state index contributed by atoms with van der Waals surface area (Å²) in [5.41, 5.74) is 0.918. The highest BCUT2D eigenvalue weighted by Crippen LogP contribution is 1.97. The smallest absolute Gasteiger partial charge is 0.187 e. The number of allylic oxidation sites excluding steroid dienone is 1. The van der Waals surface area contributed by atoms with Gasteiger partial charge < -0.3 is 5.21 Å². The Morgan fingerprint density at radius 3 is 3.09 bits per heavy atom. The Morgan fingerprint density at radius 2 is 2.45 bits per heavy atom. The topological polar surface area (TPSA) is 26.9 Å². The van der Waals surface area contributed by atoms with Gasteiger partial charge in [0.2, 0.25) is 0 Å². The summed E-state index contributed by atoms with van der Waals surface area (Å²) in [5.74, 6) is 0. The molecule has 1 aromatic heterocycles. The van der Waals surface area contributed by atoms with Crippen LogP contribution in [-0.4, -0.2) is 5.33 Å². The molecule has 0 atom stereocenters. The van der Waals surface area contributed by atoms with Crippen molar-refractivity contribution in [1.82, 2.24) is 0 Å². The van der Waals surface area contributed by atoms with Gasteiger partial charge in [-0.3, -0.25) is 0 Å². The number of pyridine rings is 1. The van der Waals surface area contributed by atoms with Crippen molar-refractivity contribution in [2.24, 2.45) is 0 Å². The molecule has 0 bridgehead atoms. The molecule has 0 N–H and O–H groups in total. The van der Waals surface area contributed by atoms with E-state index in [0.717, 1.165) is 15.6 Å². The van der Waals surface area contributed by atoms with Crippen molar-refractivity contribution in [3.05, 3.63) is 41.4 Å². The Balaban J connectivity index is 2.79. The molecule has 0 saturated heterocycles. The summed E-state index contributed by atoms with van der Waals surface area (Å²) in [6.45, 7) is 0. The summed E-state index contributed by atoms with van der Waals surface area (Å²) in [7, 11) is 0. The molecule has 0 fully saturated rings. The van der Waals surface area contributed by atoms with E-state index in [-0.39, 0.29) is 0 Å². The Morgan fingerprint density at radius 1 is 1.64 bits per heavy atom. The van der Waals surface area contributed by atoms with E-state index in [9.17, 15) is 5.21 Å².